The maximum absolute atomic E-state index is 15.5. The van der Waals surface area contributed by atoms with Crippen molar-refractivity contribution in [3.05, 3.63) is 58.7 Å². The lowest BCUT2D eigenvalue weighted by molar-refractivity contribution is 0.0940. The molecule has 2 aromatic rings. The van der Waals surface area contributed by atoms with Crippen LogP contribution in [0, 0.1) is 11.6 Å². The monoisotopic (exact) mass is 534 g/mol. The molecule has 206 valence electrons. The third kappa shape index (κ3) is 5.08. The van der Waals surface area contributed by atoms with Crippen molar-refractivity contribution in [2.75, 3.05) is 50.1 Å². The smallest absolute Gasteiger partial charge is 0.266 e. The van der Waals surface area contributed by atoms with Crippen molar-refractivity contribution in [2.24, 2.45) is 0 Å². The summed E-state index contributed by atoms with van der Waals surface area (Å²) in [5, 5.41) is 6.11. The minimum absolute atomic E-state index is 0.0342. The second-order valence-electron chi connectivity index (χ2n) is 10.7. The standard InChI is InChI=1S/C28H34F4N4O2/c1-17(19-4-3-5-20(25(19)30)26(31)32)33-27(37)21-14-24(36-12-8-28(36)9-13-38-16-28)22(29)15-23(21)34-18-6-10-35(2)11-7-18/h3-5,14-15,17-18,26,34H,6-13,16H2,1-2H3,(H,33,37)/t17-,28-/m1/s1. The zero-order valence-electron chi connectivity index (χ0n) is 21.7. The van der Waals surface area contributed by atoms with Gasteiger partial charge >= 0.3 is 0 Å². The molecule has 38 heavy (non-hydrogen) atoms. The molecule has 5 rings (SSSR count). The fourth-order valence-electron chi connectivity index (χ4n) is 5.79. The molecular formula is C28H34F4N4O2. The van der Waals surface area contributed by atoms with E-state index in [2.05, 4.69) is 15.5 Å². The highest BCUT2D eigenvalue weighted by molar-refractivity contribution is 6.01. The molecular weight excluding hydrogens is 500 g/mol. The molecule has 3 fully saturated rings. The molecule has 0 bridgehead atoms. The lowest BCUT2D eigenvalue weighted by Crippen LogP contribution is -2.61. The molecule has 1 amide bonds. The Bertz CT molecular complexity index is 1180. The van der Waals surface area contributed by atoms with Crippen LogP contribution in [-0.2, 0) is 4.74 Å². The van der Waals surface area contributed by atoms with Gasteiger partial charge in [0.15, 0.2) is 0 Å². The van der Waals surface area contributed by atoms with Gasteiger partial charge in [0.1, 0.15) is 11.6 Å². The van der Waals surface area contributed by atoms with Gasteiger partial charge in [0, 0.05) is 24.8 Å². The topological polar surface area (TPSA) is 56.8 Å². The van der Waals surface area contributed by atoms with Crippen LogP contribution >= 0.6 is 0 Å². The fourth-order valence-corrected chi connectivity index (χ4v) is 5.79. The van der Waals surface area contributed by atoms with Crippen molar-refractivity contribution < 1.29 is 27.1 Å². The van der Waals surface area contributed by atoms with E-state index in [0.29, 0.717) is 31.1 Å². The van der Waals surface area contributed by atoms with Gasteiger partial charge in [-0.05, 0) is 64.9 Å². The number of ether oxygens (including phenoxy) is 1. The van der Waals surface area contributed by atoms with Crippen molar-refractivity contribution in [1.82, 2.24) is 10.2 Å². The highest BCUT2D eigenvalue weighted by Gasteiger charge is 2.48. The van der Waals surface area contributed by atoms with E-state index >= 15 is 4.39 Å². The maximum Gasteiger partial charge on any atom is 0.266 e. The molecule has 10 heteroatoms. The third-order valence-electron chi connectivity index (χ3n) is 8.26. The first-order valence-electron chi connectivity index (χ1n) is 13.2. The van der Waals surface area contributed by atoms with E-state index < -0.39 is 35.6 Å². The predicted octanol–water partition coefficient (Wildman–Crippen LogP) is 5.27. The van der Waals surface area contributed by atoms with E-state index in [-0.39, 0.29) is 22.7 Å². The first kappa shape index (κ1) is 26.7. The molecule has 2 aromatic carbocycles. The molecule has 0 saturated carbocycles. The van der Waals surface area contributed by atoms with E-state index in [9.17, 15) is 18.0 Å². The molecule has 0 radical (unpaired) electrons. The average molecular weight is 535 g/mol. The third-order valence-corrected chi connectivity index (χ3v) is 8.26. The highest BCUT2D eigenvalue weighted by Crippen LogP contribution is 2.43. The van der Waals surface area contributed by atoms with E-state index in [1.807, 2.05) is 11.9 Å². The summed E-state index contributed by atoms with van der Waals surface area (Å²) in [6.07, 6.45) is 0.400. The van der Waals surface area contributed by atoms with E-state index in [1.54, 1.807) is 13.0 Å². The number of carbonyl (C=O) groups excluding carboxylic acids is 1. The van der Waals surface area contributed by atoms with Crippen LogP contribution in [0.4, 0.5) is 28.9 Å². The van der Waals surface area contributed by atoms with Crippen molar-refractivity contribution in [3.8, 4) is 0 Å². The first-order chi connectivity index (χ1) is 18.2. The normalized spacial score (nSPS) is 23.1. The second kappa shape index (κ2) is 10.7. The van der Waals surface area contributed by atoms with Gasteiger partial charge in [-0.15, -0.1) is 0 Å². The Morgan fingerprint density at radius 3 is 2.47 bits per heavy atom. The van der Waals surface area contributed by atoms with Crippen LogP contribution in [0.25, 0.3) is 0 Å². The van der Waals surface area contributed by atoms with Crippen LogP contribution < -0.4 is 15.5 Å². The van der Waals surface area contributed by atoms with Crippen molar-refractivity contribution in [3.63, 3.8) is 0 Å². The molecule has 0 aliphatic carbocycles. The molecule has 1 spiro atoms. The number of hydrogen-bond donors (Lipinski definition) is 2. The van der Waals surface area contributed by atoms with Crippen LogP contribution in [0.1, 0.15) is 66.6 Å². The van der Waals surface area contributed by atoms with Crippen LogP contribution in [0.15, 0.2) is 30.3 Å². The minimum atomic E-state index is -2.97. The summed E-state index contributed by atoms with van der Waals surface area (Å²) < 4.78 is 62.4. The van der Waals surface area contributed by atoms with Gasteiger partial charge in [-0.3, -0.25) is 4.79 Å². The fraction of sp³-hybridized carbons (Fsp3) is 0.536. The lowest BCUT2D eigenvalue weighted by Gasteiger charge is -2.51. The number of carbonyl (C=O) groups is 1. The number of amides is 1. The Balaban J connectivity index is 1.45. The number of halogens is 4. The zero-order chi connectivity index (χ0) is 27.0. The molecule has 2 atom stereocenters. The molecule has 3 aliphatic rings. The Hall–Kier alpha value is -2.85. The van der Waals surface area contributed by atoms with Gasteiger partial charge < -0.3 is 25.2 Å². The minimum Gasteiger partial charge on any atom is -0.381 e. The summed E-state index contributed by atoms with van der Waals surface area (Å²) in [4.78, 5) is 17.8. The number of hydrogen-bond acceptors (Lipinski definition) is 5. The zero-order valence-corrected chi connectivity index (χ0v) is 21.7. The number of likely N-dealkylation sites (tertiary alicyclic amines) is 1. The Morgan fingerprint density at radius 1 is 1.11 bits per heavy atom. The summed E-state index contributed by atoms with van der Waals surface area (Å²) in [5.74, 6) is -2.00. The largest absolute Gasteiger partial charge is 0.381 e. The predicted molar refractivity (Wildman–Crippen MR) is 138 cm³/mol. The summed E-state index contributed by atoms with van der Waals surface area (Å²) in [6, 6.07) is 5.86. The van der Waals surface area contributed by atoms with E-state index in [0.717, 1.165) is 44.8 Å². The number of piperidine rings is 1. The molecule has 3 aliphatic heterocycles. The van der Waals surface area contributed by atoms with Gasteiger partial charge in [0.25, 0.3) is 12.3 Å². The quantitative estimate of drug-likeness (QED) is 0.474. The second-order valence-corrected chi connectivity index (χ2v) is 10.7. The van der Waals surface area contributed by atoms with Crippen LogP contribution in [-0.4, -0.2) is 62.3 Å². The molecule has 3 heterocycles. The number of nitrogens with one attached hydrogen (secondary N) is 2. The lowest BCUT2D eigenvalue weighted by atomic mass is 9.83. The molecule has 0 unspecified atom stereocenters. The molecule has 0 aromatic heterocycles. The summed E-state index contributed by atoms with van der Waals surface area (Å²) in [6.45, 7) is 5.09. The van der Waals surface area contributed by atoms with E-state index in [4.69, 9.17) is 4.74 Å². The van der Waals surface area contributed by atoms with Crippen LogP contribution in [0.5, 0.6) is 0 Å². The van der Waals surface area contributed by atoms with E-state index in [1.165, 1.54) is 18.2 Å². The SMILES string of the molecule is C[C@@H](NC(=O)c1cc(N2CC[C@]23CCOC3)c(F)cc1NC1CCN(C)CC1)c1cccc(C(F)F)c1F. The average Bonchev–Trinajstić information content (AvgIpc) is 3.39. The summed E-state index contributed by atoms with van der Waals surface area (Å²) in [7, 11) is 2.04. The summed E-state index contributed by atoms with van der Waals surface area (Å²) in [5.41, 5.74) is -0.0707. The summed E-state index contributed by atoms with van der Waals surface area (Å²) >= 11 is 0. The molecule has 6 nitrogen and oxygen atoms in total. The Kier molecular flexibility index (Phi) is 7.55. The number of alkyl halides is 2. The van der Waals surface area contributed by atoms with Crippen molar-refractivity contribution in [2.45, 2.75) is 56.7 Å². The number of rotatable bonds is 7. The van der Waals surface area contributed by atoms with Crippen LogP contribution in [0.2, 0.25) is 0 Å². The van der Waals surface area contributed by atoms with Gasteiger partial charge in [-0.25, -0.2) is 17.6 Å². The maximum atomic E-state index is 15.5. The number of benzene rings is 2. The van der Waals surface area contributed by atoms with Gasteiger partial charge in [-0.2, -0.15) is 0 Å². The first-order valence-corrected chi connectivity index (χ1v) is 13.2. The number of nitrogens with zero attached hydrogens (tertiary/aromatic N) is 2. The Labute approximate surface area is 220 Å². The highest BCUT2D eigenvalue weighted by atomic mass is 19.3. The van der Waals surface area contributed by atoms with Gasteiger partial charge in [0.2, 0.25) is 0 Å². The van der Waals surface area contributed by atoms with Crippen molar-refractivity contribution in [1.29, 1.82) is 0 Å². The molecule has 2 N–H and O–H groups in total. The van der Waals surface area contributed by atoms with Crippen molar-refractivity contribution >= 4 is 17.3 Å². The number of anilines is 2. The molecule has 3 saturated heterocycles. The van der Waals surface area contributed by atoms with Crippen LogP contribution in [0.3, 0.4) is 0 Å². The van der Waals surface area contributed by atoms with Gasteiger partial charge in [0.05, 0.1) is 40.7 Å². The van der Waals surface area contributed by atoms with Gasteiger partial charge in [-0.1, -0.05) is 18.2 Å². The Morgan fingerprint density at radius 2 is 1.84 bits per heavy atom.